The Morgan fingerprint density at radius 3 is 2.50 bits per heavy atom. The molecule has 0 radical (unpaired) electrons. The summed E-state index contributed by atoms with van der Waals surface area (Å²) in [5.74, 6) is 0.603. The quantitative estimate of drug-likeness (QED) is 0.679. The van der Waals surface area contributed by atoms with Crippen molar-refractivity contribution < 1.29 is 9.53 Å². The van der Waals surface area contributed by atoms with Gasteiger partial charge in [-0.15, -0.1) is 0 Å². The first kappa shape index (κ1) is 19.2. The molecular weight excluding hydrogens is 354 g/mol. The maximum Gasteiger partial charge on any atom is 0.274 e. The summed E-state index contributed by atoms with van der Waals surface area (Å²) in [7, 11) is 5.53. The first-order chi connectivity index (χ1) is 13.5. The van der Waals surface area contributed by atoms with Crippen molar-refractivity contribution in [2.75, 3.05) is 36.7 Å². The van der Waals surface area contributed by atoms with Crippen molar-refractivity contribution in [2.24, 2.45) is 0 Å². The van der Waals surface area contributed by atoms with E-state index in [2.05, 4.69) is 20.6 Å². The molecule has 0 bridgehead atoms. The maximum atomic E-state index is 12.6. The molecule has 1 amide bonds. The van der Waals surface area contributed by atoms with E-state index in [4.69, 9.17) is 4.74 Å². The van der Waals surface area contributed by atoms with Crippen LogP contribution in [0.3, 0.4) is 0 Å². The summed E-state index contributed by atoms with van der Waals surface area (Å²) in [6.07, 6.45) is 1.55. The first-order valence-electron chi connectivity index (χ1n) is 8.79. The normalized spacial score (nSPS) is 10.3. The third-order valence-electron chi connectivity index (χ3n) is 4.13. The van der Waals surface area contributed by atoms with Gasteiger partial charge < -0.3 is 20.3 Å². The summed E-state index contributed by atoms with van der Waals surface area (Å²) in [6.45, 7) is 1.95. The molecule has 0 aliphatic heterocycles. The molecule has 2 N–H and O–H groups in total. The van der Waals surface area contributed by atoms with E-state index >= 15 is 0 Å². The second-order valence-corrected chi connectivity index (χ2v) is 6.49. The van der Waals surface area contributed by atoms with Crippen molar-refractivity contribution in [2.45, 2.75) is 6.92 Å². The zero-order valence-corrected chi connectivity index (χ0v) is 16.4. The smallest absolute Gasteiger partial charge is 0.274 e. The molecule has 0 saturated carbocycles. The molecule has 2 aromatic carbocycles. The van der Waals surface area contributed by atoms with Gasteiger partial charge in [0.05, 0.1) is 12.8 Å². The average Bonchev–Trinajstić information content (AvgIpc) is 2.69. The lowest BCUT2D eigenvalue weighted by Crippen LogP contribution is -2.15. The van der Waals surface area contributed by atoms with Gasteiger partial charge in [-0.3, -0.25) is 4.79 Å². The highest BCUT2D eigenvalue weighted by Crippen LogP contribution is 2.25. The van der Waals surface area contributed by atoms with Crippen LogP contribution in [0.25, 0.3) is 0 Å². The van der Waals surface area contributed by atoms with Crippen LogP contribution in [0, 0.1) is 6.92 Å². The summed E-state index contributed by atoms with van der Waals surface area (Å²) in [6, 6.07) is 15.0. The van der Waals surface area contributed by atoms with Gasteiger partial charge in [-0.2, -0.15) is 0 Å². The van der Waals surface area contributed by atoms with Gasteiger partial charge in [0.25, 0.3) is 5.91 Å². The number of benzene rings is 2. The van der Waals surface area contributed by atoms with Crippen molar-refractivity contribution in [3.8, 4) is 5.75 Å². The SMILES string of the molecule is COc1ccc(C)cc1NC(=O)c1ccnc(Nc2ccc(N(C)C)cc2)n1. The number of aromatic nitrogens is 2. The lowest BCUT2D eigenvalue weighted by molar-refractivity contribution is 0.102. The fourth-order valence-electron chi connectivity index (χ4n) is 2.62. The van der Waals surface area contributed by atoms with E-state index in [1.165, 1.54) is 0 Å². The Kier molecular flexibility index (Phi) is 5.74. The Morgan fingerprint density at radius 2 is 1.82 bits per heavy atom. The summed E-state index contributed by atoms with van der Waals surface area (Å²) >= 11 is 0. The molecule has 7 nitrogen and oxygen atoms in total. The van der Waals surface area contributed by atoms with Gasteiger partial charge in [-0.25, -0.2) is 9.97 Å². The van der Waals surface area contributed by atoms with Gasteiger partial charge in [-0.1, -0.05) is 6.07 Å². The van der Waals surface area contributed by atoms with Gasteiger partial charge in [0.2, 0.25) is 5.95 Å². The third-order valence-corrected chi connectivity index (χ3v) is 4.13. The number of amides is 1. The van der Waals surface area contributed by atoms with Crippen molar-refractivity contribution in [1.29, 1.82) is 0 Å². The summed E-state index contributed by atoms with van der Waals surface area (Å²) < 4.78 is 5.30. The number of nitrogens with zero attached hydrogens (tertiary/aromatic N) is 3. The topological polar surface area (TPSA) is 79.4 Å². The van der Waals surface area contributed by atoms with Gasteiger partial charge >= 0.3 is 0 Å². The van der Waals surface area contributed by atoms with Crippen LogP contribution in [0.15, 0.2) is 54.7 Å². The maximum absolute atomic E-state index is 12.6. The van der Waals surface area contributed by atoms with Crippen LogP contribution in [-0.4, -0.2) is 37.1 Å². The van der Waals surface area contributed by atoms with Crippen molar-refractivity contribution in [3.05, 3.63) is 66.0 Å². The summed E-state index contributed by atoms with van der Waals surface area (Å²) in [5, 5.41) is 5.96. The van der Waals surface area contributed by atoms with Gasteiger partial charge in [0.15, 0.2) is 0 Å². The third kappa shape index (κ3) is 4.56. The molecule has 0 atom stereocenters. The van der Waals surface area contributed by atoms with Gasteiger partial charge in [0, 0.05) is 31.7 Å². The number of hydrogen-bond donors (Lipinski definition) is 2. The fraction of sp³-hybridized carbons (Fsp3) is 0.190. The zero-order valence-electron chi connectivity index (χ0n) is 16.4. The molecule has 3 aromatic rings. The first-order valence-corrected chi connectivity index (χ1v) is 8.79. The zero-order chi connectivity index (χ0) is 20.1. The molecule has 7 heteroatoms. The van der Waals surface area contributed by atoms with E-state index < -0.39 is 0 Å². The van der Waals surface area contributed by atoms with Crippen LogP contribution in [0.1, 0.15) is 16.1 Å². The Bertz CT molecular complexity index is 971. The molecule has 0 fully saturated rings. The average molecular weight is 377 g/mol. The molecule has 0 unspecified atom stereocenters. The monoisotopic (exact) mass is 377 g/mol. The van der Waals surface area contributed by atoms with E-state index in [9.17, 15) is 4.79 Å². The van der Waals surface area contributed by atoms with Crippen molar-refractivity contribution in [1.82, 2.24) is 9.97 Å². The lowest BCUT2D eigenvalue weighted by Gasteiger charge is -2.13. The summed E-state index contributed by atoms with van der Waals surface area (Å²) in [4.78, 5) is 23.2. The number of methoxy groups -OCH3 is 1. The molecule has 28 heavy (non-hydrogen) atoms. The minimum atomic E-state index is -0.336. The number of ether oxygens (including phenoxy) is 1. The van der Waals surface area contributed by atoms with E-state index in [1.54, 1.807) is 19.4 Å². The minimum Gasteiger partial charge on any atom is -0.495 e. The molecule has 144 valence electrons. The Morgan fingerprint density at radius 1 is 1.07 bits per heavy atom. The second kappa shape index (κ2) is 8.39. The Labute approximate surface area is 164 Å². The van der Waals surface area contributed by atoms with Crippen LogP contribution >= 0.6 is 0 Å². The van der Waals surface area contributed by atoms with E-state index in [-0.39, 0.29) is 11.6 Å². The predicted molar refractivity (Wildman–Crippen MR) is 112 cm³/mol. The predicted octanol–water partition coefficient (Wildman–Crippen LogP) is 3.86. The molecular formula is C21H23N5O2. The molecule has 0 saturated heterocycles. The van der Waals surface area contributed by atoms with Crippen LogP contribution in [-0.2, 0) is 0 Å². The fourth-order valence-corrected chi connectivity index (χ4v) is 2.62. The molecule has 1 aromatic heterocycles. The number of nitrogens with one attached hydrogen (secondary N) is 2. The van der Waals surface area contributed by atoms with Crippen molar-refractivity contribution >= 4 is 28.9 Å². The highest BCUT2D eigenvalue weighted by atomic mass is 16.5. The number of rotatable bonds is 6. The van der Waals surface area contributed by atoms with Crippen LogP contribution in [0.5, 0.6) is 5.75 Å². The Balaban J connectivity index is 1.75. The minimum absolute atomic E-state index is 0.256. The van der Waals surface area contributed by atoms with E-state index in [0.29, 0.717) is 17.4 Å². The molecule has 0 aliphatic rings. The Hall–Kier alpha value is -3.61. The molecule has 0 spiro atoms. The lowest BCUT2D eigenvalue weighted by atomic mass is 10.2. The number of anilines is 4. The van der Waals surface area contributed by atoms with E-state index in [1.807, 2.05) is 68.4 Å². The highest BCUT2D eigenvalue weighted by molar-refractivity contribution is 6.03. The molecule has 1 heterocycles. The number of hydrogen-bond acceptors (Lipinski definition) is 6. The van der Waals surface area contributed by atoms with Crippen molar-refractivity contribution in [3.63, 3.8) is 0 Å². The van der Waals surface area contributed by atoms with Crippen LogP contribution < -0.4 is 20.3 Å². The second-order valence-electron chi connectivity index (χ2n) is 6.49. The molecule has 3 rings (SSSR count). The van der Waals surface area contributed by atoms with Crippen LogP contribution in [0.4, 0.5) is 23.0 Å². The van der Waals surface area contributed by atoms with Gasteiger partial charge in [0.1, 0.15) is 11.4 Å². The van der Waals surface area contributed by atoms with Gasteiger partial charge in [-0.05, 0) is 55.0 Å². The number of carbonyl (C=O) groups is 1. The largest absolute Gasteiger partial charge is 0.495 e. The highest BCUT2D eigenvalue weighted by Gasteiger charge is 2.12. The van der Waals surface area contributed by atoms with E-state index in [0.717, 1.165) is 16.9 Å². The van der Waals surface area contributed by atoms with Crippen LogP contribution in [0.2, 0.25) is 0 Å². The number of carbonyl (C=O) groups excluding carboxylic acids is 1. The summed E-state index contributed by atoms with van der Waals surface area (Å²) in [5.41, 5.74) is 3.79. The molecule has 0 aliphatic carbocycles. The standard InChI is InChI=1S/C21H23N5O2/c1-14-5-10-19(28-4)18(13-14)24-20(27)17-11-12-22-21(25-17)23-15-6-8-16(9-7-15)26(2)3/h5-13H,1-4H3,(H,24,27)(H,22,23,25). The number of aryl methyl sites for hydroxylation is 1.